The van der Waals surface area contributed by atoms with Crippen LogP contribution in [-0.4, -0.2) is 44.9 Å². The number of hydrogen-bond donors (Lipinski definition) is 4. The van der Waals surface area contributed by atoms with Gasteiger partial charge >= 0.3 is 0 Å². The highest BCUT2D eigenvalue weighted by atomic mass is 79.9. The van der Waals surface area contributed by atoms with Gasteiger partial charge in [0.2, 0.25) is 11.9 Å². The van der Waals surface area contributed by atoms with Crippen molar-refractivity contribution in [1.29, 1.82) is 0 Å². The molecular weight excluding hydrogens is 492 g/mol. The van der Waals surface area contributed by atoms with E-state index in [1.165, 1.54) is 0 Å². The van der Waals surface area contributed by atoms with Crippen molar-refractivity contribution >= 4 is 55.7 Å². The number of nitrogens with one attached hydrogen (secondary N) is 2. The fourth-order valence-corrected chi connectivity index (χ4v) is 2.45. The Morgan fingerprint density at radius 2 is 1.07 bits per heavy atom. The van der Waals surface area contributed by atoms with Crippen LogP contribution in [-0.2, 0) is 0 Å². The van der Waals surface area contributed by atoms with Gasteiger partial charge in [-0.3, -0.25) is 20.6 Å². The summed E-state index contributed by atoms with van der Waals surface area (Å²) in [5.74, 6) is 1.45. The summed E-state index contributed by atoms with van der Waals surface area (Å²) in [7, 11) is 0. The summed E-state index contributed by atoms with van der Waals surface area (Å²) in [5, 5.41) is 5.70. The zero-order chi connectivity index (χ0) is 20.2. The molecule has 0 aromatic carbocycles. The van der Waals surface area contributed by atoms with Crippen LogP contribution in [0.25, 0.3) is 0 Å². The summed E-state index contributed by atoms with van der Waals surface area (Å²) in [6, 6.07) is 0. The number of rotatable bonds is 9. The number of guanidine groups is 2. The Morgan fingerprint density at radius 1 is 0.714 bits per heavy atom. The van der Waals surface area contributed by atoms with Crippen molar-refractivity contribution in [3.8, 4) is 0 Å². The molecule has 0 unspecified atom stereocenters. The van der Waals surface area contributed by atoms with Gasteiger partial charge in [0.1, 0.15) is 0 Å². The van der Waals surface area contributed by atoms with Gasteiger partial charge in [0.25, 0.3) is 0 Å². The average Bonchev–Trinajstić information content (AvgIpc) is 2.67. The van der Waals surface area contributed by atoms with Crippen molar-refractivity contribution in [1.82, 2.24) is 19.9 Å². The Kier molecular flexibility index (Phi) is 9.55. The van der Waals surface area contributed by atoms with E-state index in [-0.39, 0.29) is 0 Å². The second-order valence-corrected chi connectivity index (χ2v) is 7.48. The molecule has 0 fully saturated rings. The molecule has 0 amide bonds. The van der Waals surface area contributed by atoms with E-state index in [1.54, 1.807) is 24.8 Å². The highest BCUT2D eigenvalue weighted by molar-refractivity contribution is 9.10. The Balaban J connectivity index is 1.54. The van der Waals surface area contributed by atoms with Gasteiger partial charge < -0.3 is 11.5 Å². The van der Waals surface area contributed by atoms with Crippen LogP contribution >= 0.6 is 31.9 Å². The molecule has 2 rings (SSSR count). The van der Waals surface area contributed by atoms with Gasteiger partial charge in [0.05, 0.1) is 8.95 Å². The molecule has 2 aromatic heterocycles. The summed E-state index contributed by atoms with van der Waals surface area (Å²) in [6.07, 6.45) is 10.5. The molecule has 2 heterocycles. The summed E-state index contributed by atoms with van der Waals surface area (Å²) in [6.45, 7) is 1.28. The normalized spacial score (nSPS) is 12.1. The molecule has 6 N–H and O–H groups in total. The van der Waals surface area contributed by atoms with Gasteiger partial charge in [-0.05, 0) is 44.7 Å². The lowest BCUT2D eigenvalue weighted by molar-refractivity contribution is 0.654. The molecule has 150 valence electrons. The van der Waals surface area contributed by atoms with E-state index in [0.717, 1.165) is 34.6 Å². The number of aliphatic imine (C=N–C) groups is 2. The van der Waals surface area contributed by atoms with Crippen molar-refractivity contribution in [2.24, 2.45) is 21.5 Å². The van der Waals surface area contributed by atoms with Gasteiger partial charge in [-0.2, -0.15) is 0 Å². The van der Waals surface area contributed by atoms with Crippen molar-refractivity contribution in [3.63, 3.8) is 0 Å². The number of nitrogens with zero attached hydrogens (tertiary/aromatic N) is 6. The molecule has 0 aliphatic rings. The van der Waals surface area contributed by atoms with E-state index in [0.29, 0.717) is 36.9 Å². The standard InChI is InChI=1S/C16H22Br2N10/c17-11-7-23-15(24-8-11)27-13(19)21-5-3-1-2-4-6-22-14(20)28-16-25-9-12(18)10-26-16/h7-10H,1-6H2,(H3,19,21,23,24,27)(H3,20,22,25,26,28). The fraction of sp³-hybridized carbons (Fsp3) is 0.375. The third kappa shape index (κ3) is 9.04. The topological polar surface area (TPSA) is 152 Å². The number of unbranched alkanes of at least 4 members (excludes halogenated alkanes) is 3. The lowest BCUT2D eigenvalue weighted by Crippen LogP contribution is -2.24. The maximum Gasteiger partial charge on any atom is 0.229 e. The Labute approximate surface area is 180 Å². The minimum atomic E-state index is 0.306. The molecule has 0 bridgehead atoms. The first kappa shape index (κ1) is 22.0. The van der Waals surface area contributed by atoms with Crippen molar-refractivity contribution in [2.75, 3.05) is 23.7 Å². The molecule has 2 aromatic rings. The predicted octanol–water partition coefficient (Wildman–Crippen LogP) is 2.51. The molecule has 0 saturated heterocycles. The molecule has 28 heavy (non-hydrogen) atoms. The van der Waals surface area contributed by atoms with Crippen LogP contribution < -0.4 is 22.1 Å². The second kappa shape index (κ2) is 12.2. The molecule has 0 radical (unpaired) electrons. The molecule has 0 aliphatic carbocycles. The first-order valence-corrected chi connectivity index (χ1v) is 10.2. The van der Waals surface area contributed by atoms with Gasteiger partial charge in [-0.1, -0.05) is 12.8 Å². The Bertz CT molecular complexity index is 710. The maximum absolute atomic E-state index is 5.81. The number of halogens is 2. The van der Waals surface area contributed by atoms with Crippen LogP contribution in [0.2, 0.25) is 0 Å². The number of aromatic nitrogens is 4. The van der Waals surface area contributed by atoms with E-state index in [1.807, 2.05) is 0 Å². The first-order chi connectivity index (χ1) is 13.5. The number of anilines is 2. The van der Waals surface area contributed by atoms with E-state index in [9.17, 15) is 0 Å². The molecule has 12 heteroatoms. The molecule has 0 aliphatic heterocycles. The second-order valence-electron chi connectivity index (χ2n) is 5.65. The van der Waals surface area contributed by atoms with Crippen molar-refractivity contribution < 1.29 is 0 Å². The Morgan fingerprint density at radius 3 is 1.43 bits per heavy atom. The zero-order valence-corrected chi connectivity index (χ0v) is 18.3. The van der Waals surface area contributed by atoms with Crippen molar-refractivity contribution in [3.05, 3.63) is 33.7 Å². The summed E-state index contributed by atoms with van der Waals surface area (Å²) < 4.78 is 1.61. The minimum absolute atomic E-state index is 0.306. The van der Waals surface area contributed by atoms with Gasteiger partial charge in [-0.15, -0.1) is 0 Å². The highest BCUT2D eigenvalue weighted by Crippen LogP contribution is 2.07. The third-order valence-electron chi connectivity index (χ3n) is 3.35. The first-order valence-electron chi connectivity index (χ1n) is 8.62. The van der Waals surface area contributed by atoms with Crippen LogP contribution in [0.3, 0.4) is 0 Å². The Hall–Kier alpha value is -2.34. The van der Waals surface area contributed by atoms with Crippen LogP contribution in [0, 0.1) is 0 Å². The van der Waals surface area contributed by atoms with Gasteiger partial charge in [-0.25, -0.2) is 19.9 Å². The number of hydrogen-bond acceptors (Lipinski definition) is 6. The third-order valence-corrected chi connectivity index (χ3v) is 4.17. The number of nitrogens with two attached hydrogens (primary N) is 2. The van der Waals surface area contributed by atoms with Crippen LogP contribution in [0.5, 0.6) is 0 Å². The summed E-state index contributed by atoms with van der Waals surface area (Å²) >= 11 is 6.55. The van der Waals surface area contributed by atoms with Gasteiger partial charge in [0.15, 0.2) is 11.9 Å². The lowest BCUT2D eigenvalue weighted by atomic mass is 10.2. The van der Waals surface area contributed by atoms with E-state index in [2.05, 4.69) is 72.4 Å². The molecule has 0 spiro atoms. The van der Waals surface area contributed by atoms with E-state index < -0.39 is 0 Å². The minimum Gasteiger partial charge on any atom is -0.370 e. The molecule has 10 nitrogen and oxygen atoms in total. The lowest BCUT2D eigenvalue weighted by Gasteiger charge is -2.04. The average molecular weight is 514 g/mol. The molecular formula is C16H22Br2N10. The zero-order valence-electron chi connectivity index (χ0n) is 15.1. The van der Waals surface area contributed by atoms with E-state index >= 15 is 0 Å². The van der Waals surface area contributed by atoms with Crippen LogP contribution in [0.1, 0.15) is 25.7 Å². The van der Waals surface area contributed by atoms with Crippen LogP contribution in [0.15, 0.2) is 43.7 Å². The SMILES string of the molecule is NC(=NCCCCCCN=C(N)Nc1ncc(Br)cn1)Nc1ncc(Br)cn1. The summed E-state index contributed by atoms with van der Waals surface area (Å²) in [4.78, 5) is 24.8. The quantitative estimate of drug-likeness (QED) is 0.226. The summed E-state index contributed by atoms with van der Waals surface area (Å²) in [5.41, 5.74) is 11.6. The van der Waals surface area contributed by atoms with Crippen molar-refractivity contribution in [2.45, 2.75) is 25.7 Å². The monoisotopic (exact) mass is 512 g/mol. The largest absolute Gasteiger partial charge is 0.370 e. The molecule has 0 saturated carbocycles. The molecule has 0 atom stereocenters. The fourth-order valence-electron chi connectivity index (χ4n) is 2.04. The predicted molar refractivity (Wildman–Crippen MR) is 118 cm³/mol. The van der Waals surface area contributed by atoms with E-state index in [4.69, 9.17) is 11.5 Å². The maximum atomic E-state index is 5.81. The smallest absolute Gasteiger partial charge is 0.229 e. The highest BCUT2D eigenvalue weighted by Gasteiger charge is 1.99. The van der Waals surface area contributed by atoms with Gasteiger partial charge in [0, 0.05) is 37.9 Å². The van der Waals surface area contributed by atoms with Crippen LogP contribution in [0.4, 0.5) is 11.9 Å².